The predicted molar refractivity (Wildman–Crippen MR) is 127 cm³/mol. The molecule has 6 nitrogen and oxygen atoms in total. The molecule has 2 aromatic heterocycles. The number of carbonyl (C=O) groups is 1. The molecule has 2 heterocycles. The van der Waals surface area contributed by atoms with E-state index in [1.165, 1.54) is 31.0 Å². The lowest BCUT2D eigenvalue weighted by atomic mass is 9.48. The van der Waals surface area contributed by atoms with E-state index in [4.69, 9.17) is 4.74 Å². The van der Waals surface area contributed by atoms with Gasteiger partial charge in [-0.25, -0.2) is 0 Å². The summed E-state index contributed by atoms with van der Waals surface area (Å²) in [6, 6.07) is 11.7. The highest BCUT2D eigenvalue weighted by Crippen LogP contribution is 2.60. The number of ketones is 1. The van der Waals surface area contributed by atoms with Crippen LogP contribution in [0.1, 0.15) is 38.5 Å². The molecule has 7 rings (SSSR count). The second-order valence-corrected chi connectivity index (χ2v) is 10.9. The zero-order chi connectivity index (χ0) is 22.4. The van der Waals surface area contributed by atoms with Gasteiger partial charge in [0.2, 0.25) is 0 Å². The predicted octanol–water partition coefficient (Wildman–Crippen LogP) is 5.22. The molecule has 3 aromatic rings. The van der Waals surface area contributed by atoms with Gasteiger partial charge in [-0.1, -0.05) is 11.8 Å². The minimum absolute atomic E-state index is 0.0827. The number of hydrogen-bond acceptors (Lipinski definition) is 6. The smallest absolute Gasteiger partial charge is 0.196 e. The first-order chi connectivity index (χ1) is 16.1. The van der Waals surface area contributed by atoms with Crippen molar-refractivity contribution < 1.29 is 9.53 Å². The van der Waals surface area contributed by atoms with Crippen LogP contribution in [0.2, 0.25) is 0 Å². The van der Waals surface area contributed by atoms with E-state index < -0.39 is 0 Å². The summed E-state index contributed by atoms with van der Waals surface area (Å²) in [6.45, 7) is 0. The van der Waals surface area contributed by atoms with E-state index in [2.05, 4.69) is 15.2 Å². The van der Waals surface area contributed by atoms with E-state index in [1.54, 1.807) is 19.5 Å². The van der Waals surface area contributed by atoms with Crippen molar-refractivity contribution >= 4 is 17.5 Å². The maximum atomic E-state index is 13.6. The summed E-state index contributed by atoms with van der Waals surface area (Å²) < 4.78 is 7.36. The van der Waals surface area contributed by atoms with E-state index in [9.17, 15) is 4.79 Å². The Kier molecular flexibility index (Phi) is 5.24. The molecule has 0 unspecified atom stereocenters. The lowest BCUT2D eigenvalue weighted by Crippen LogP contribution is -2.50. The minimum Gasteiger partial charge on any atom is -0.497 e. The number of Topliss-reactive ketones (excluding diaryl/α,β-unsaturated/α-hetero) is 1. The molecule has 1 aromatic carbocycles. The Bertz CT molecular complexity index is 1120. The Balaban J connectivity index is 1.29. The van der Waals surface area contributed by atoms with Crippen LogP contribution in [0.5, 0.6) is 5.75 Å². The van der Waals surface area contributed by atoms with Crippen molar-refractivity contribution in [2.75, 3.05) is 12.9 Å². The Morgan fingerprint density at radius 3 is 2.24 bits per heavy atom. The first-order valence-electron chi connectivity index (χ1n) is 11.8. The molecule has 170 valence electrons. The van der Waals surface area contributed by atoms with Crippen molar-refractivity contribution in [2.24, 2.45) is 23.2 Å². The molecule has 4 saturated carbocycles. The van der Waals surface area contributed by atoms with Crippen molar-refractivity contribution in [2.45, 2.75) is 43.7 Å². The topological polar surface area (TPSA) is 69.9 Å². The molecule has 4 bridgehead atoms. The third kappa shape index (κ3) is 3.76. The third-order valence-corrected chi connectivity index (χ3v) is 8.79. The number of hydrogen-bond donors (Lipinski definition) is 0. The van der Waals surface area contributed by atoms with Gasteiger partial charge in [0.15, 0.2) is 11.0 Å². The zero-order valence-corrected chi connectivity index (χ0v) is 19.6. The number of ether oxygens (including phenoxy) is 1. The van der Waals surface area contributed by atoms with Crippen molar-refractivity contribution in [3.8, 4) is 22.8 Å². The Morgan fingerprint density at radius 2 is 1.64 bits per heavy atom. The molecule has 33 heavy (non-hydrogen) atoms. The standard InChI is InChI=1S/C26H28N4O2S/c1-32-22-4-2-21(3-5-22)30-24(20-6-8-27-9-7-20)28-29-25(30)33-16-23(31)26-13-17-10-18(14-26)12-19(11-17)15-26/h2-9,17-19H,10-16H2,1H3. The lowest BCUT2D eigenvalue weighted by Gasteiger charge is -2.56. The number of aromatic nitrogens is 4. The lowest BCUT2D eigenvalue weighted by molar-refractivity contribution is -0.141. The van der Waals surface area contributed by atoms with Crippen LogP contribution >= 0.6 is 11.8 Å². The molecular weight excluding hydrogens is 432 g/mol. The van der Waals surface area contributed by atoms with Gasteiger partial charge in [-0.05, 0) is 92.7 Å². The highest BCUT2D eigenvalue weighted by Gasteiger charge is 2.54. The van der Waals surface area contributed by atoms with E-state index in [1.807, 2.05) is 41.0 Å². The molecule has 0 spiro atoms. The van der Waals surface area contributed by atoms with E-state index >= 15 is 0 Å². The summed E-state index contributed by atoms with van der Waals surface area (Å²) in [4.78, 5) is 17.7. The monoisotopic (exact) mass is 460 g/mol. The summed E-state index contributed by atoms with van der Waals surface area (Å²) in [5.74, 6) is 4.72. The van der Waals surface area contributed by atoms with E-state index in [-0.39, 0.29) is 5.41 Å². The highest BCUT2D eigenvalue weighted by atomic mass is 32.2. The van der Waals surface area contributed by atoms with Gasteiger partial charge in [-0.2, -0.15) is 0 Å². The number of benzene rings is 1. The number of rotatable bonds is 7. The number of carbonyl (C=O) groups excluding carboxylic acids is 1. The first-order valence-corrected chi connectivity index (χ1v) is 12.8. The fourth-order valence-electron chi connectivity index (χ4n) is 6.75. The molecule has 0 aliphatic heterocycles. The van der Waals surface area contributed by atoms with Crippen molar-refractivity contribution in [1.82, 2.24) is 19.7 Å². The summed E-state index contributed by atoms with van der Waals surface area (Å²) in [7, 11) is 1.66. The first kappa shape index (κ1) is 20.9. The Morgan fingerprint density at radius 1 is 1.00 bits per heavy atom. The minimum atomic E-state index is -0.0827. The van der Waals surface area contributed by atoms with Crippen LogP contribution in [-0.4, -0.2) is 38.4 Å². The highest BCUT2D eigenvalue weighted by molar-refractivity contribution is 7.99. The van der Waals surface area contributed by atoms with Crippen LogP contribution in [0, 0.1) is 23.2 Å². The summed E-state index contributed by atoms with van der Waals surface area (Å²) >= 11 is 1.52. The molecule has 7 heteroatoms. The molecule has 4 aliphatic carbocycles. The maximum absolute atomic E-state index is 13.6. The molecule has 0 atom stereocenters. The largest absolute Gasteiger partial charge is 0.497 e. The van der Waals surface area contributed by atoms with E-state index in [0.29, 0.717) is 11.5 Å². The number of pyridine rings is 1. The van der Waals surface area contributed by atoms with Gasteiger partial charge >= 0.3 is 0 Å². The normalized spacial score (nSPS) is 27.6. The number of nitrogens with zero attached hydrogens (tertiary/aromatic N) is 4. The van der Waals surface area contributed by atoms with Crippen molar-refractivity contribution in [3.05, 3.63) is 48.8 Å². The van der Waals surface area contributed by atoms with Gasteiger partial charge in [0.25, 0.3) is 0 Å². The second kappa shape index (κ2) is 8.28. The van der Waals surface area contributed by atoms with Gasteiger partial charge < -0.3 is 4.74 Å². The fraction of sp³-hybridized carbons (Fsp3) is 0.462. The summed E-state index contributed by atoms with van der Waals surface area (Å²) in [6.07, 6.45) is 10.9. The van der Waals surface area contributed by atoms with Crippen LogP contribution in [0.4, 0.5) is 0 Å². The third-order valence-electron chi connectivity index (χ3n) is 7.86. The molecule has 4 fully saturated rings. The quantitative estimate of drug-likeness (QED) is 0.451. The average Bonchev–Trinajstić information content (AvgIpc) is 3.26. The number of thioether (sulfide) groups is 1. The van der Waals surface area contributed by atoms with Gasteiger partial charge in [0.1, 0.15) is 11.5 Å². The Hall–Kier alpha value is -2.67. The maximum Gasteiger partial charge on any atom is 0.196 e. The summed E-state index contributed by atoms with van der Waals surface area (Å²) in [5.41, 5.74) is 1.80. The molecule has 0 N–H and O–H groups in total. The molecule has 0 saturated heterocycles. The van der Waals surface area contributed by atoms with Gasteiger partial charge in [-0.15, -0.1) is 10.2 Å². The van der Waals surface area contributed by atoms with Crippen molar-refractivity contribution in [1.29, 1.82) is 0 Å². The number of methoxy groups -OCH3 is 1. The van der Waals surface area contributed by atoms with Crippen LogP contribution in [0.15, 0.2) is 53.9 Å². The molecule has 0 radical (unpaired) electrons. The SMILES string of the molecule is COc1ccc(-n2c(SCC(=O)C34CC5CC(CC(C5)C3)C4)nnc2-c2ccncc2)cc1. The zero-order valence-electron chi connectivity index (χ0n) is 18.8. The molecule has 0 amide bonds. The van der Waals surface area contributed by atoms with Crippen LogP contribution in [0.25, 0.3) is 17.1 Å². The van der Waals surface area contributed by atoms with Gasteiger partial charge in [0.05, 0.1) is 12.9 Å². The van der Waals surface area contributed by atoms with Crippen molar-refractivity contribution in [3.63, 3.8) is 0 Å². The van der Waals surface area contributed by atoms with Crippen LogP contribution in [0.3, 0.4) is 0 Å². The Labute approximate surface area is 198 Å². The molecule has 4 aliphatic rings. The average molecular weight is 461 g/mol. The van der Waals surface area contributed by atoms with Gasteiger partial charge in [-0.3, -0.25) is 14.3 Å². The van der Waals surface area contributed by atoms with E-state index in [0.717, 1.165) is 65.0 Å². The van der Waals surface area contributed by atoms with Crippen LogP contribution < -0.4 is 4.74 Å². The fourth-order valence-corrected chi connectivity index (χ4v) is 7.74. The molecular formula is C26H28N4O2S. The second-order valence-electron chi connectivity index (χ2n) is 9.99. The van der Waals surface area contributed by atoms with Gasteiger partial charge in [0, 0.05) is 29.1 Å². The summed E-state index contributed by atoms with van der Waals surface area (Å²) in [5, 5.41) is 9.74. The van der Waals surface area contributed by atoms with Crippen LogP contribution in [-0.2, 0) is 4.79 Å².